The first-order valence-corrected chi connectivity index (χ1v) is 7.29. The topological polar surface area (TPSA) is 38.9 Å². The Morgan fingerprint density at radius 3 is 2.28 bits per heavy atom. The van der Waals surface area contributed by atoms with Gasteiger partial charge in [0.05, 0.1) is 0 Å². The molecular formula is C14H23ClN2O. The SMILES string of the molecule is CC(Cl)c1nc(C2CCC(C(C)(C)C)CC2)no1. The van der Waals surface area contributed by atoms with Gasteiger partial charge in [-0.05, 0) is 43.9 Å². The van der Waals surface area contributed by atoms with Gasteiger partial charge in [0.2, 0.25) is 5.89 Å². The first-order chi connectivity index (χ1) is 8.38. The van der Waals surface area contributed by atoms with Gasteiger partial charge in [0, 0.05) is 5.92 Å². The molecule has 1 atom stereocenters. The first-order valence-electron chi connectivity index (χ1n) is 6.85. The van der Waals surface area contributed by atoms with Crippen molar-refractivity contribution in [3.05, 3.63) is 11.7 Å². The maximum absolute atomic E-state index is 5.94. The van der Waals surface area contributed by atoms with E-state index in [0.717, 1.165) is 24.6 Å². The van der Waals surface area contributed by atoms with Crippen LogP contribution in [-0.2, 0) is 0 Å². The Kier molecular flexibility index (Phi) is 4.00. The molecule has 0 radical (unpaired) electrons. The van der Waals surface area contributed by atoms with Gasteiger partial charge in [-0.25, -0.2) is 0 Å². The van der Waals surface area contributed by atoms with Crippen molar-refractivity contribution in [1.82, 2.24) is 10.1 Å². The Hall–Kier alpha value is -0.570. The molecule has 1 aliphatic carbocycles. The van der Waals surface area contributed by atoms with E-state index in [1.807, 2.05) is 6.92 Å². The standard InChI is InChI=1S/C14H23ClN2O/c1-9(15)13-16-12(17-18-13)10-5-7-11(8-6-10)14(2,3)4/h9-11H,5-8H2,1-4H3. The zero-order chi connectivity index (χ0) is 13.3. The molecule has 1 aromatic rings. The van der Waals surface area contributed by atoms with Crippen LogP contribution in [-0.4, -0.2) is 10.1 Å². The lowest BCUT2D eigenvalue weighted by Crippen LogP contribution is -2.25. The summed E-state index contributed by atoms with van der Waals surface area (Å²) < 4.78 is 5.18. The Morgan fingerprint density at radius 2 is 1.83 bits per heavy atom. The second kappa shape index (κ2) is 5.20. The third-order valence-corrected chi connectivity index (χ3v) is 4.30. The molecule has 0 spiro atoms. The predicted octanol–water partition coefficient (Wildman–Crippen LogP) is 4.69. The lowest BCUT2D eigenvalue weighted by molar-refractivity contribution is 0.166. The van der Waals surface area contributed by atoms with Gasteiger partial charge in [-0.1, -0.05) is 25.9 Å². The third kappa shape index (κ3) is 3.05. The smallest absolute Gasteiger partial charge is 0.244 e. The molecule has 1 aliphatic rings. The maximum atomic E-state index is 5.94. The molecule has 1 fully saturated rings. The van der Waals surface area contributed by atoms with E-state index < -0.39 is 0 Å². The number of hydrogen-bond donors (Lipinski definition) is 0. The molecule has 0 aliphatic heterocycles. The minimum absolute atomic E-state index is 0.197. The van der Waals surface area contributed by atoms with E-state index in [4.69, 9.17) is 16.1 Å². The van der Waals surface area contributed by atoms with E-state index in [2.05, 4.69) is 30.9 Å². The monoisotopic (exact) mass is 270 g/mol. The molecule has 0 N–H and O–H groups in total. The summed E-state index contributed by atoms with van der Waals surface area (Å²) >= 11 is 5.94. The summed E-state index contributed by atoms with van der Waals surface area (Å²) in [4.78, 5) is 4.41. The van der Waals surface area contributed by atoms with Gasteiger partial charge in [-0.2, -0.15) is 4.98 Å². The van der Waals surface area contributed by atoms with Gasteiger partial charge in [-0.15, -0.1) is 11.6 Å². The van der Waals surface area contributed by atoms with Crippen LogP contribution in [0.1, 0.15) is 76.4 Å². The predicted molar refractivity (Wildman–Crippen MR) is 72.7 cm³/mol. The van der Waals surface area contributed by atoms with Gasteiger partial charge in [0.25, 0.3) is 0 Å². The third-order valence-electron chi connectivity index (χ3n) is 4.11. The molecule has 0 bridgehead atoms. The minimum atomic E-state index is -0.197. The van der Waals surface area contributed by atoms with Crippen LogP contribution in [0.2, 0.25) is 0 Å². The van der Waals surface area contributed by atoms with Gasteiger partial charge >= 0.3 is 0 Å². The highest BCUT2D eigenvalue weighted by Gasteiger charge is 2.32. The Bertz CT molecular complexity index is 387. The van der Waals surface area contributed by atoms with Crippen LogP contribution in [0.15, 0.2) is 4.52 Å². The lowest BCUT2D eigenvalue weighted by Gasteiger charge is -2.36. The van der Waals surface area contributed by atoms with Crippen LogP contribution < -0.4 is 0 Å². The van der Waals surface area contributed by atoms with Crippen LogP contribution in [0.3, 0.4) is 0 Å². The van der Waals surface area contributed by atoms with Crippen LogP contribution in [0.4, 0.5) is 0 Å². The normalized spacial score (nSPS) is 27.2. The van der Waals surface area contributed by atoms with E-state index in [0.29, 0.717) is 17.2 Å². The minimum Gasteiger partial charge on any atom is -0.338 e. The summed E-state index contributed by atoms with van der Waals surface area (Å²) in [7, 11) is 0. The highest BCUT2D eigenvalue weighted by atomic mass is 35.5. The van der Waals surface area contributed by atoms with E-state index in [1.165, 1.54) is 12.8 Å². The second-order valence-electron chi connectivity index (χ2n) is 6.52. The molecule has 18 heavy (non-hydrogen) atoms. The fourth-order valence-corrected chi connectivity index (χ4v) is 2.88. The number of rotatable bonds is 2. The highest BCUT2D eigenvalue weighted by molar-refractivity contribution is 6.20. The van der Waals surface area contributed by atoms with E-state index in [9.17, 15) is 0 Å². The summed E-state index contributed by atoms with van der Waals surface area (Å²) in [5, 5.41) is 3.88. The summed E-state index contributed by atoms with van der Waals surface area (Å²) in [6.45, 7) is 8.86. The Labute approximate surface area is 114 Å². The van der Waals surface area contributed by atoms with Crippen LogP contribution in [0.25, 0.3) is 0 Å². The average molecular weight is 271 g/mol. The molecule has 0 saturated heterocycles. The van der Waals surface area contributed by atoms with Crippen molar-refractivity contribution >= 4 is 11.6 Å². The number of aromatic nitrogens is 2. The fourth-order valence-electron chi connectivity index (χ4n) is 2.79. The summed E-state index contributed by atoms with van der Waals surface area (Å²) in [5.74, 6) is 2.66. The highest BCUT2D eigenvalue weighted by Crippen LogP contribution is 2.42. The molecule has 4 heteroatoms. The molecule has 0 amide bonds. The molecule has 2 rings (SSSR count). The Balaban J connectivity index is 1.97. The number of halogens is 1. The summed E-state index contributed by atoms with van der Waals surface area (Å²) in [5.41, 5.74) is 0.415. The quantitative estimate of drug-likeness (QED) is 0.732. The van der Waals surface area contributed by atoms with Crippen LogP contribution in [0, 0.1) is 11.3 Å². The fraction of sp³-hybridized carbons (Fsp3) is 0.857. The van der Waals surface area contributed by atoms with Crippen molar-refractivity contribution < 1.29 is 4.52 Å². The molecule has 1 unspecified atom stereocenters. The molecule has 1 saturated carbocycles. The first kappa shape index (κ1) is 13.9. The molecule has 1 heterocycles. The molecule has 3 nitrogen and oxygen atoms in total. The average Bonchev–Trinajstić information content (AvgIpc) is 2.77. The largest absolute Gasteiger partial charge is 0.338 e. The van der Waals surface area contributed by atoms with E-state index in [1.54, 1.807) is 0 Å². The van der Waals surface area contributed by atoms with Crippen molar-refractivity contribution in [2.24, 2.45) is 11.3 Å². The van der Waals surface area contributed by atoms with Crippen LogP contribution in [0.5, 0.6) is 0 Å². The number of nitrogens with zero attached hydrogens (tertiary/aromatic N) is 2. The van der Waals surface area contributed by atoms with Gasteiger partial charge in [0.15, 0.2) is 5.82 Å². The summed E-state index contributed by atoms with van der Waals surface area (Å²) in [6, 6.07) is 0. The van der Waals surface area contributed by atoms with Crippen molar-refractivity contribution in [3.63, 3.8) is 0 Å². The van der Waals surface area contributed by atoms with Gasteiger partial charge in [-0.3, -0.25) is 0 Å². The van der Waals surface area contributed by atoms with Crippen molar-refractivity contribution in [1.29, 1.82) is 0 Å². The Morgan fingerprint density at radius 1 is 1.22 bits per heavy atom. The number of alkyl halides is 1. The van der Waals surface area contributed by atoms with E-state index >= 15 is 0 Å². The number of hydrogen-bond acceptors (Lipinski definition) is 3. The zero-order valence-corrected chi connectivity index (χ0v) is 12.5. The zero-order valence-electron chi connectivity index (χ0n) is 11.7. The van der Waals surface area contributed by atoms with Crippen molar-refractivity contribution in [3.8, 4) is 0 Å². The molecular weight excluding hydrogens is 248 g/mol. The van der Waals surface area contributed by atoms with Gasteiger partial charge < -0.3 is 4.52 Å². The lowest BCUT2D eigenvalue weighted by atomic mass is 9.70. The maximum Gasteiger partial charge on any atom is 0.244 e. The van der Waals surface area contributed by atoms with Crippen LogP contribution >= 0.6 is 11.6 Å². The summed E-state index contributed by atoms with van der Waals surface area (Å²) in [6.07, 6.45) is 4.85. The second-order valence-corrected chi connectivity index (χ2v) is 7.18. The molecule has 0 aromatic carbocycles. The van der Waals surface area contributed by atoms with Gasteiger partial charge in [0.1, 0.15) is 5.38 Å². The molecule has 1 aromatic heterocycles. The van der Waals surface area contributed by atoms with Crippen molar-refractivity contribution in [2.45, 2.75) is 64.7 Å². The molecule has 102 valence electrons. The van der Waals surface area contributed by atoms with Crippen molar-refractivity contribution in [2.75, 3.05) is 0 Å². The van der Waals surface area contributed by atoms with E-state index in [-0.39, 0.29) is 5.38 Å².